The van der Waals surface area contributed by atoms with Gasteiger partial charge in [-0.25, -0.2) is 4.98 Å². The van der Waals surface area contributed by atoms with Gasteiger partial charge in [-0.1, -0.05) is 35.5 Å². The minimum Gasteiger partial charge on any atom is -0.489 e. The summed E-state index contributed by atoms with van der Waals surface area (Å²) in [5.41, 5.74) is 1.60. The van der Waals surface area contributed by atoms with Crippen LogP contribution in [0.4, 0.5) is 0 Å². The molecule has 3 amide bonds. The molecule has 0 saturated carbocycles. The topological polar surface area (TPSA) is 127 Å². The van der Waals surface area contributed by atoms with Gasteiger partial charge in [-0.15, -0.1) is 0 Å². The van der Waals surface area contributed by atoms with E-state index in [2.05, 4.69) is 20.8 Å². The van der Waals surface area contributed by atoms with Crippen molar-refractivity contribution in [1.82, 2.24) is 25.7 Å². The lowest BCUT2D eigenvalue weighted by atomic mass is 10.1. The summed E-state index contributed by atoms with van der Waals surface area (Å²) in [5, 5.41) is 9.64. The number of amides is 3. The molecule has 4 rings (SSSR count). The maximum atomic E-state index is 13.2. The SMILES string of the molecule is O=C1CCCN(C(=O)c2cc(-c3ccccc3)no2)CCCNC(=O)c2ncccc2OCCN1. The fraction of sp³-hybridized carbons (Fsp3) is 0.320. The Morgan fingerprint density at radius 3 is 2.66 bits per heavy atom. The highest BCUT2D eigenvalue weighted by Gasteiger charge is 2.22. The van der Waals surface area contributed by atoms with Crippen LogP contribution < -0.4 is 15.4 Å². The second-order valence-electron chi connectivity index (χ2n) is 8.00. The molecule has 0 spiro atoms. The summed E-state index contributed by atoms with van der Waals surface area (Å²) in [6, 6.07) is 14.4. The van der Waals surface area contributed by atoms with Crippen molar-refractivity contribution in [2.24, 2.45) is 0 Å². The molecule has 0 atom stereocenters. The van der Waals surface area contributed by atoms with E-state index in [-0.39, 0.29) is 48.7 Å². The molecule has 3 aromatic rings. The van der Waals surface area contributed by atoms with Gasteiger partial charge in [0.1, 0.15) is 12.3 Å². The van der Waals surface area contributed by atoms with E-state index in [1.54, 1.807) is 23.1 Å². The van der Waals surface area contributed by atoms with Gasteiger partial charge in [0.15, 0.2) is 11.4 Å². The second kappa shape index (κ2) is 11.8. The lowest BCUT2D eigenvalue weighted by Gasteiger charge is -2.21. The zero-order chi connectivity index (χ0) is 24.5. The Morgan fingerprint density at radius 1 is 0.971 bits per heavy atom. The first kappa shape index (κ1) is 23.9. The van der Waals surface area contributed by atoms with Crippen LogP contribution in [-0.4, -0.2) is 65.5 Å². The summed E-state index contributed by atoms with van der Waals surface area (Å²) in [6.07, 6.45) is 2.78. The van der Waals surface area contributed by atoms with E-state index >= 15 is 0 Å². The van der Waals surface area contributed by atoms with E-state index in [0.717, 1.165) is 5.56 Å². The highest BCUT2D eigenvalue weighted by atomic mass is 16.5. The smallest absolute Gasteiger partial charge is 0.292 e. The van der Waals surface area contributed by atoms with E-state index in [0.29, 0.717) is 43.9 Å². The van der Waals surface area contributed by atoms with E-state index in [4.69, 9.17) is 9.26 Å². The number of hydrogen-bond donors (Lipinski definition) is 2. The molecule has 0 bridgehead atoms. The van der Waals surface area contributed by atoms with Crippen LogP contribution in [0.5, 0.6) is 5.75 Å². The van der Waals surface area contributed by atoms with E-state index < -0.39 is 0 Å². The predicted octanol–water partition coefficient (Wildman–Crippen LogP) is 2.29. The van der Waals surface area contributed by atoms with Crippen LogP contribution in [0.3, 0.4) is 0 Å². The Balaban J connectivity index is 1.45. The Kier molecular flexibility index (Phi) is 8.05. The first-order valence-electron chi connectivity index (χ1n) is 11.6. The molecule has 1 aromatic carbocycles. The van der Waals surface area contributed by atoms with Crippen LogP contribution in [0.2, 0.25) is 0 Å². The summed E-state index contributed by atoms with van der Waals surface area (Å²) in [7, 11) is 0. The number of ether oxygens (including phenoxy) is 1. The maximum Gasteiger partial charge on any atom is 0.292 e. The Hall–Kier alpha value is -4.21. The molecular weight excluding hydrogens is 450 g/mol. The van der Waals surface area contributed by atoms with Crippen molar-refractivity contribution in [2.45, 2.75) is 19.3 Å². The summed E-state index contributed by atoms with van der Waals surface area (Å²) in [5.74, 6) is -0.335. The number of pyridine rings is 1. The van der Waals surface area contributed by atoms with Gasteiger partial charge in [-0.3, -0.25) is 14.4 Å². The Labute approximate surface area is 202 Å². The minimum atomic E-state index is -0.364. The van der Waals surface area contributed by atoms with Gasteiger partial charge < -0.3 is 24.8 Å². The number of rotatable bonds is 2. The molecule has 0 radical (unpaired) electrons. The van der Waals surface area contributed by atoms with Crippen LogP contribution in [0, 0.1) is 0 Å². The molecule has 0 aliphatic carbocycles. The number of carbonyl (C=O) groups excluding carboxylic acids is 3. The van der Waals surface area contributed by atoms with E-state index in [1.807, 2.05) is 30.3 Å². The zero-order valence-corrected chi connectivity index (χ0v) is 19.2. The van der Waals surface area contributed by atoms with Gasteiger partial charge in [0.2, 0.25) is 11.7 Å². The van der Waals surface area contributed by atoms with Crippen LogP contribution in [0.25, 0.3) is 11.3 Å². The number of carbonyl (C=O) groups is 3. The molecule has 10 heteroatoms. The number of hydrogen-bond acceptors (Lipinski definition) is 7. The molecule has 3 heterocycles. The molecule has 2 aromatic heterocycles. The maximum absolute atomic E-state index is 13.2. The third-order valence-electron chi connectivity index (χ3n) is 5.47. The highest BCUT2D eigenvalue weighted by Crippen LogP contribution is 2.20. The average Bonchev–Trinajstić information content (AvgIpc) is 3.38. The van der Waals surface area contributed by atoms with Crippen molar-refractivity contribution >= 4 is 17.7 Å². The molecule has 10 nitrogen and oxygen atoms in total. The van der Waals surface area contributed by atoms with Crippen molar-refractivity contribution in [3.63, 3.8) is 0 Å². The molecule has 182 valence electrons. The number of fused-ring (bicyclic) bond motifs is 1. The molecule has 0 unspecified atom stereocenters. The first-order chi connectivity index (χ1) is 17.1. The third kappa shape index (κ3) is 6.44. The second-order valence-corrected chi connectivity index (χ2v) is 8.00. The van der Waals surface area contributed by atoms with Crippen molar-refractivity contribution in [3.05, 3.63) is 66.2 Å². The lowest BCUT2D eigenvalue weighted by Crippen LogP contribution is -2.36. The minimum absolute atomic E-state index is 0.127. The lowest BCUT2D eigenvalue weighted by molar-refractivity contribution is -0.121. The van der Waals surface area contributed by atoms with Gasteiger partial charge in [0.25, 0.3) is 11.8 Å². The average molecular weight is 478 g/mol. The van der Waals surface area contributed by atoms with Crippen molar-refractivity contribution < 1.29 is 23.6 Å². The molecular formula is C25H27N5O5. The number of nitrogens with one attached hydrogen (secondary N) is 2. The van der Waals surface area contributed by atoms with E-state index in [9.17, 15) is 14.4 Å². The number of nitrogens with zero attached hydrogens (tertiary/aromatic N) is 3. The molecule has 1 aliphatic heterocycles. The van der Waals surface area contributed by atoms with Crippen molar-refractivity contribution in [2.75, 3.05) is 32.8 Å². The summed E-state index contributed by atoms with van der Waals surface area (Å²) >= 11 is 0. The van der Waals surface area contributed by atoms with Gasteiger partial charge in [-0.2, -0.15) is 0 Å². The van der Waals surface area contributed by atoms with Crippen LogP contribution in [0.15, 0.2) is 59.3 Å². The third-order valence-corrected chi connectivity index (χ3v) is 5.47. The summed E-state index contributed by atoms with van der Waals surface area (Å²) < 4.78 is 11.0. The zero-order valence-electron chi connectivity index (χ0n) is 19.2. The fourth-order valence-corrected chi connectivity index (χ4v) is 3.70. The summed E-state index contributed by atoms with van der Waals surface area (Å²) in [4.78, 5) is 43.7. The van der Waals surface area contributed by atoms with Gasteiger partial charge in [0, 0.05) is 43.9 Å². The predicted molar refractivity (Wildman–Crippen MR) is 127 cm³/mol. The van der Waals surface area contributed by atoms with Crippen LogP contribution in [-0.2, 0) is 4.79 Å². The number of aromatic nitrogens is 2. The van der Waals surface area contributed by atoms with E-state index in [1.165, 1.54) is 6.20 Å². The Bertz CT molecular complexity index is 1160. The fourth-order valence-electron chi connectivity index (χ4n) is 3.70. The van der Waals surface area contributed by atoms with Gasteiger partial charge in [0.05, 0.1) is 6.54 Å². The van der Waals surface area contributed by atoms with Crippen LogP contribution in [0.1, 0.15) is 40.3 Å². The molecule has 2 N–H and O–H groups in total. The van der Waals surface area contributed by atoms with Gasteiger partial charge >= 0.3 is 0 Å². The van der Waals surface area contributed by atoms with Crippen molar-refractivity contribution in [3.8, 4) is 17.0 Å². The molecule has 1 aliphatic rings. The standard InChI is InChI=1S/C25H27N5O5/c31-22-10-5-14-30(25(33)21-17-19(29-35-21)18-7-2-1-3-8-18)15-6-12-28-24(32)23-20(9-4-11-27-23)34-16-13-26-22/h1-4,7-9,11,17H,5-6,10,12-16H2,(H,26,31)(H,28,32). The largest absolute Gasteiger partial charge is 0.489 e. The van der Waals surface area contributed by atoms with Crippen molar-refractivity contribution in [1.29, 1.82) is 0 Å². The first-order valence-corrected chi connectivity index (χ1v) is 11.6. The summed E-state index contributed by atoms with van der Waals surface area (Å²) in [6.45, 7) is 1.57. The van der Waals surface area contributed by atoms with Gasteiger partial charge in [-0.05, 0) is 25.0 Å². The monoisotopic (exact) mass is 477 g/mol. The molecule has 0 fully saturated rings. The normalized spacial score (nSPS) is 15.9. The van der Waals surface area contributed by atoms with Crippen LogP contribution >= 0.6 is 0 Å². The highest BCUT2D eigenvalue weighted by molar-refractivity contribution is 5.95. The molecule has 35 heavy (non-hydrogen) atoms. The Morgan fingerprint density at radius 2 is 1.80 bits per heavy atom. The quantitative estimate of drug-likeness (QED) is 0.580. The number of benzene rings is 1. The molecule has 0 saturated heterocycles.